The van der Waals surface area contributed by atoms with Gasteiger partial charge in [0.05, 0.1) is 6.33 Å². The Hall–Kier alpha value is 0.00494. The summed E-state index contributed by atoms with van der Waals surface area (Å²) < 4.78 is 1.88. The Morgan fingerprint density at radius 1 is 1.71 bits per heavy atom. The van der Waals surface area contributed by atoms with E-state index in [9.17, 15) is 0 Å². The van der Waals surface area contributed by atoms with Crippen LogP contribution >= 0.6 is 22.4 Å². The fourth-order valence-corrected chi connectivity index (χ4v) is 0.657. The predicted octanol–water partition coefficient (Wildman–Crippen LogP) is 0.700. The summed E-state index contributed by atoms with van der Waals surface area (Å²) in [5.41, 5.74) is 0. The third-order valence-corrected chi connectivity index (χ3v) is 1.28. The first kappa shape index (κ1) is 5.15. The first-order valence-corrected chi connectivity index (χ1v) is 3.09. The van der Waals surface area contributed by atoms with Crippen LogP contribution in [0.25, 0.3) is 0 Å². The van der Waals surface area contributed by atoms with Crippen molar-refractivity contribution in [3.8, 4) is 0 Å². The van der Waals surface area contributed by atoms with E-state index in [1.807, 2.05) is 15.9 Å². The van der Waals surface area contributed by atoms with Gasteiger partial charge < -0.3 is 4.48 Å². The van der Waals surface area contributed by atoms with Gasteiger partial charge in [-0.05, 0) is 0 Å². The first-order valence-electron chi connectivity index (χ1n) is 1.84. The zero-order valence-electron chi connectivity index (χ0n) is 3.58. The van der Waals surface area contributed by atoms with Gasteiger partial charge in [-0.15, -0.1) is 22.4 Å². The lowest BCUT2D eigenvalue weighted by atomic mass is 10.4. The standard InChI is InChI=1S/C3H3BIN2/c5-4-7-2-1-6-3-7/h1-3H. The van der Waals surface area contributed by atoms with Gasteiger partial charge in [0.15, 0.2) is 0 Å². The van der Waals surface area contributed by atoms with Gasteiger partial charge in [0.2, 0.25) is 0 Å². The molecule has 1 heterocycles. The molecule has 1 radical (unpaired) electrons. The number of rotatable bonds is 1. The second-order valence-electron chi connectivity index (χ2n) is 1.11. The summed E-state index contributed by atoms with van der Waals surface area (Å²) in [6, 6.07) is 0. The molecule has 0 spiro atoms. The summed E-state index contributed by atoms with van der Waals surface area (Å²) >= 11 is 2.15. The maximum atomic E-state index is 3.82. The van der Waals surface area contributed by atoms with Crippen LogP contribution in [0, 0.1) is 0 Å². The van der Waals surface area contributed by atoms with Crippen molar-refractivity contribution in [1.29, 1.82) is 0 Å². The van der Waals surface area contributed by atoms with Crippen LogP contribution in [-0.2, 0) is 0 Å². The monoisotopic (exact) mass is 205 g/mol. The molecule has 0 fully saturated rings. The molecule has 1 aromatic rings. The molecule has 0 unspecified atom stereocenters. The molecule has 4 heteroatoms. The molecule has 0 saturated carbocycles. The fourth-order valence-electron chi connectivity index (χ4n) is 0.327. The minimum Gasteiger partial charge on any atom is -0.375 e. The lowest BCUT2D eigenvalue weighted by Crippen LogP contribution is -1.91. The van der Waals surface area contributed by atoms with E-state index in [1.165, 1.54) is 0 Å². The Balaban J connectivity index is 2.76. The third-order valence-electron chi connectivity index (χ3n) is 0.638. The third kappa shape index (κ3) is 1.19. The highest BCUT2D eigenvalue weighted by atomic mass is 127. The summed E-state index contributed by atoms with van der Waals surface area (Å²) in [7, 11) is 0. The normalized spacial score (nSPS) is 8.71. The van der Waals surface area contributed by atoms with E-state index in [-0.39, 0.29) is 0 Å². The second-order valence-corrected chi connectivity index (χ2v) is 1.66. The van der Waals surface area contributed by atoms with Crippen LogP contribution in [0.1, 0.15) is 0 Å². The molecule has 7 heavy (non-hydrogen) atoms. The predicted molar refractivity (Wildman–Crippen MR) is 37.4 cm³/mol. The minimum atomic E-state index is 1.74. The number of imidazole rings is 1. The Labute approximate surface area is 56.1 Å². The number of hydrogen-bond acceptors (Lipinski definition) is 1. The SMILES string of the molecule is I[B]n1ccnc1. The van der Waals surface area contributed by atoms with Crippen LogP contribution in [0.3, 0.4) is 0 Å². The molecule has 1 rings (SSSR count). The molecule has 0 saturated heterocycles. The van der Waals surface area contributed by atoms with Gasteiger partial charge >= 0.3 is 5.27 Å². The van der Waals surface area contributed by atoms with Crippen molar-refractivity contribution >= 4 is 27.6 Å². The smallest absolute Gasteiger partial charge is 0.336 e. The van der Waals surface area contributed by atoms with Crippen LogP contribution in [0.5, 0.6) is 0 Å². The van der Waals surface area contributed by atoms with E-state index in [4.69, 9.17) is 0 Å². The number of hydrogen-bond donors (Lipinski definition) is 0. The second kappa shape index (κ2) is 2.35. The van der Waals surface area contributed by atoms with Crippen LogP contribution in [0.4, 0.5) is 0 Å². The molecular formula is C3H3BIN2. The highest BCUT2D eigenvalue weighted by molar-refractivity contribution is 14.1. The topological polar surface area (TPSA) is 17.8 Å². The molecule has 0 aromatic carbocycles. The lowest BCUT2D eigenvalue weighted by Gasteiger charge is -1.83. The van der Waals surface area contributed by atoms with Crippen molar-refractivity contribution in [2.24, 2.45) is 0 Å². The molecule has 2 nitrogen and oxygen atoms in total. The molecule has 1 aromatic heterocycles. The zero-order chi connectivity index (χ0) is 5.11. The van der Waals surface area contributed by atoms with E-state index in [0.717, 1.165) is 0 Å². The molecule has 35 valence electrons. The van der Waals surface area contributed by atoms with Crippen LogP contribution in [0.2, 0.25) is 0 Å². The maximum absolute atomic E-state index is 3.82. The number of halogens is 1. The fraction of sp³-hybridized carbons (Fsp3) is 0. The number of nitrogens with zero attached hydrogens (tertiary/aromatic N) is 2. The largest absolute Gasteiger partial charge is 0.375 e. The highest BCUT2D eigenvalue weighted by Gasteiger charge is 1.82. The molecule has 0 bridgehead atoms. The first-order chi connectivity index (χ1) is 3.43. The Kier molecular flexibility index (Phi) is 1.73. The van der Waals surface area contributed by atoms with Crippen molar-refractivity contribution in [1.82, 2.24) is 9.46 Å². The van der Waals surface area contributed by atoms with Gasteiger partial charge in [0.1, 0.15) is 0 Å². The Morgan fingerprint density at radius 2 is 2.57 bits per heavy atom. The van der Waals surface area contributed by atoms with Crippen LogP contribution in [-0.4, -0.2) is 14.7 Å². The van der Waals surface area contributed by atoms with Gasteiger partial charge in [0, 0.05) is 12.4 Å². The lowest BCUT2D eigenvalue weighted by molar-refractivity contribution is 1.21. The van der Waals surface area contributed by atoms with E-state index >= 15 is 0 Å². The summed E-state index contributed by atoms with van der Waals surface area (Å²) in [5.74, 6) is 0. The van der Waals surface area contributed by atoms with Gasteiger partial charge in [-0.25, -0.2) is 4.98 Å². The molecule has 0 aliphatic rings. The Morgan fingerprint density at radius 3 is 2.86 bits per heavy atom. The zero-order valence-corrected chi connectivity index (χ0v) is 5.74. The average molecular weight is 205 g/mol. The van der Waals surface area contributed by atoms with E-state index in [0.29, 0.717) is 0 Å². The molecular weight excluding hydrogens is 202 g/mol. The van der Waals surface area contributed by atoms with Crippen molar-refractivity contribution in [2.75, 3.05) is 0 Å². The van der Waals surface area contributed by atoms with Gasteiger partial charge in [-0.2, -0.15) is 0 Å². The van der Waals surface area contributed by atoms with Crippen LogP contribution < -0.4 is 0 Å². The molecule has 0 atom stereocenters. The molecule has 0 N–H and O–H groups in total. The van der Waals surface area contributed by atoms with Gasteiger partial charge in [-0.1, -0.05) is 0 Å². The molecule has 0 aliphatic heterocycles. The van der Waals surface area contributed by atoms with E-state index in [1.54, 1.807) is 12.5 Å². The van der Waals surface area contributed by atoms with Crippen molar-refractivity contribution in [3.05, 3.63) is 18.7 Å². The Bertz CT molecular complexity index is 127. The van der Waals surface area contributed by atoms with Gasteiger partial charge in [0.25, 0.3) is 0 Å². The summed E-state index contributed by atoms with van der Waals surface area (Å²) in [6.07, 6.45) is 5.37. The molecule has 0 aliphatic carbocycles. The maximum Gasteiger partial charge on any atom is 0.336 e. The van der Waals surface area contributed by atoms with Crippen molar-refractivity contribution in [3.63, 3.8) is 0 Å². The average Bonchev–Trinajstić information content (AvgIpc) is 2.14. The van der Waals surface area contributed by atoms with E-state index < -0.39 is 0 Å². The van der Waals surface area contributed by atoms with Crippen molar-refractivity contribution < 1.29 is 0 Å². The van der Waals surface area contributed by atoms with E-state index in [2.05, 4.69) is 27.4 Å². The summed E-state index contributed by atoms with van der Waals surface area (Å²) in [5, 5.41) is 1.91. The highest BCUT2D eigenvalue weighted by Crippen LogP contribution is 1.83. The summed E-state index contributed by atoms with van der Waals surface area (Å²) in [4.78, 5) is 3.82. The number of aromatic nitrogens is 2. The van der Waals surface area contributed by atoms with Gasteiger partial charge in [-0.3, -0.25) is 0 Å². The molecule has 0 amide bonds. The van der Waals surface area contributed by atoms with Crippen molar-refractivity contribution in [2.45, 2.75) is 0 Å². The van der Waals surface area contributed by atoms with Crippen LogP contribution in [0.15, 0.2) is 18.7 Å². The summed E-state index contributed by atoms with van der Waals surface area (Å²) in [6.45, 7) is 0. The minimum absolute atomic E-state index is 1.74. The quantitative estimate of drug-likeness (QED) is 0.487.